The van der Waals surface area contributed by atoms with Crippen LogP contribution in [0.25, 0.3) is 22.5 Å². The van der Waals surface area contributed by atoms with Gasteiger partial charge in [0.05, 0.1) is 4.90 Å². The number of nitrogens with one attached hydrogen (secondary N) is 1. The fourth-order valence-electron chi connectivity index (χ4n) is 3.55. The van der Waals surface area contributed by atoms with Crippen molar-refractivity contribution in [2.45, 2.75) is 11.4 Å². The molecule has 1 aromatic heterocycles. The molecular formula is C24H16Cl2N4O3S. The van der Waals surface area contributed by atoms with Gasteiger partial charge < -0.3 is 4.57 Å². The zero-order chi connectivity index (χ0) is 24.3. The van der Waals surface area contributed by atoms with Crippen LogP contribution in [0.3, 0.4) is 0 Å². The second kappa shape index (κ2) is 9.69. The standard InChI is InChI=1S/C24H16Cl2N4O3S/c25-19-11-9-18(10-12-19)24-29-23(26)21(14-31)30(24)13-16-5-7-17(8-6-16)20-3-1-2-4-22(20)34(32,33)28-15-27/h1-12,14,28H,13H2. The molecule has 10 heteroatoms. The monoisotopic (exact) mass is 510 g/mol. The summed E-state index contributed by atoms with van der Waals surface area (Å²) in [6, 6.07) is 20.7. The molecule has 0 amide bonds. The summed E-state index contributed by atoms with van der Waals surface area (Å²) in [6.45, 7) is 0.308. The number of carbonyl (C=O) groups is 1. The number of nitrogens with zero attached hydrogens (tertiary/aromatic N) is 3. The molecule has 1 N–H and O–H groups in total. The zero-order valence-corrected chi connectivity index (χ0v) is 19.8. The number of rotatable bonds is 7. The van der Waals surface area contributed by atoms with Crippen LogP contribution in [-0.2, 0) is 16.6 Å². The Morgan fingerprint density at radius 1 is 0.971 bits per heavy atom. The molecule has 4 aromatic rings. The smallest absolute Gasteiger partial charge is 0.270 e. The number of imidazole rings is 1. The Balaban J connectivity index is 1.70. The number of hydrogen-bond acceptors (Lipinski definition) is 5. The maximum Gasteiger partial charge on any atom is 0.270 e. The Kier molecular flexibility index (Phi) is 6.70. The first-order chi connectivity index (χ1) is 16.3. The van der Waals surface area contributed by atoms with Gasteiger partial charge >= 0.3 is 0 Å². The van der Waals surface area contributed by atoms with Crippen LogP contribution in [-0.4, -0.2) is 24.3 Å². The van der Waals surface area contributed by atoms with Gasteiger partial charge in [-0.25, -0.2) is 18.1 Å². The molecule has 0 fully saturated rings. The van der Waals surface area contributed by atoms with Gasteiger partial charge in [-0.1, -0.05) is 65.7 Å². The molecule has 0 aliphatic heterocycles. The summed E-state index contributed by atoms with van der Waals surface area (Å²) in [4.78, 5) is 16.1. The van der Waals surface area contributed by atoms with E-state index in [1.165, 1.54) is 12.3 Å². The van der Waals surface area contributed by atoms with Gasteiger partial charge in [-0.15, -0.1) is 0 Å². The van der Waals surface area contributed by atoms with Crippen molar-refractivity contribution in [3.8, 4) is 28.7 Å². The van der Waals surface area contributed by atoms with Crippen molar-refractivity contribution >= 4 is 39.5 Å². The molecule has 0 saturated heterocycles. The first kappa shape index (κ1) is 23.5. The molecule has 7 nitrogen and oxygen atoms in total. The fourth-order valence-corrected chi connectivity index (χ4v) is 4.87. The van der Waals surface area contributed by atoms with Crippen LogP contribution in [0.4, 0.5) is 0 Å². The lowest BCUT2D eigenvalue weighted by Crippen LogP contribution is -2.18. The van der Waals surface area contributed by atoms with Crippen LogP contribution in [0.1, 0.15) is 16.1 Å². The lowest BCUT2D eigenvalue weighted by molar-refractivity contribution is 0.111. The summed E-state index contributed by atoms with van der Waals surface area (Å²) >= 11 is 12.2. The topological polar surface area (TPSA) is 105 Å². The van der Waals surface area contributed by atoms with Gasteiger partial charge in [0.2, 0.25) is 0 Å². The lowest BCUT2D eigenvalue weighted by Gasteiger charge is -2.12. The summed E-state index contributed by atoms with van der Waals surface area (Å²) in [5.74, 6) is 0.520. The molecule has 3 aromatic carbocycles. The SMILES string of the molecule is N#CNS(=O)(=O)c1ccccc1-c1ccc(Cn2c(-c3ccc(Cl)cc3)nc(Cl)c2C=O)cc1. The third-order valence-electron chi connectivity index (χ3n) is 5.14. The van der Waals surface area contributed by atoms with Crippen LogP contribution in [0, 0.1) is 11.5 Å². The minimum Gasteiger partial charge on any atom is -0.316 e. The van der Waals surface area contributed by atoms with E-state index >= 15 is 0 Å². The summed E-state index contributed by atoms with van der Waals surface area (Å²) in [6.07, 6.45) is 2.12. The molecule has 0 unspecified atom stereocenters. The minimum absolute atomic E-state index is 0.000966. The first-order valence-electron chi connectivity index (χ1n) is 9.90. The molecule has 0 aliphatic carbocycles. The van der Waals surface area contributed by atoms with E-state index in [9.17, 15) is 13.2 Å². The molecule has 1 heterocycles. The van der Waals surface area contributed by atoms with E-state index in [1.54, 1.807) is 59.2 Å². The summed E-state index contributed by atoms with van der Waals surface area (Å²) in [5, 5.41) is 9.45. The largest absolute Gasteiger partial charge is 0.316 e. The highest BCUT2D eigenvalue weighted by Crippen LogP contribution is 2.29. The van der Waals surface area contributed by atoms with E-state index in [0.717, 1.165) is 11.1 Å². The third-order valence-corrected chi connectivity index (χ3v) is 6.96. The van der Waals surface area contributed by atoms with Gasteiger partial charge in [0.1, 0.15) is 11.5 Å². The highest BCUT2D eigenvalue weighted by molar-refractivity contribution is 7.89. The second-order valence-corrected chi connectivity index (χ2v) is 9.68. The van der Waals surface area contributed by atoms with Crippen molar-refractivity contribution in [2.24, 2.45) is 0 Å². The van der Waals surface area contributed by atoms with Crippen LogP contribution in [0.2, 0.25) is 10.2 Å². The first-order valence-corrected chi connectivity index (χ1v) is 12.1. The molecule has 0 atom stereocenters. The molecule has 0 radical (unpaired) electrons. The number of nitriles is 1. The van der Waals surface area contributed by atoms with E-state index in [0.29, 0.717) is 34.8 Å². The van der Waals surface area contributed by atoms with Crippen molar-refractivity contribution in [1.82, 2.24) is 14.3 Å². The Bertz CT molecular complexity index is 1510. The highest BCUT2D eigenvalue weighted by atomic mass is 35.5. The predicted octanol–water partition coefficient (Wildman–Crippen LogP) is 5.14. The highest BCUT2D eigenvalue weighted by Gasteiger charge is 2.19. The van der Waals surface area contributed by atoms with Crippen LogP contribution in [0.5, 0.6) is 0 Å². The van der Waals surface area contributed by atoms with Crippen molar-refractivity contribution in [3.63, 3.8) is 0 Å². The quantitative estimate of drug-likeness (QED) is 0.210. The van der Waals surface area contributed by atoms with Crippen molar-refractivity contribution < 1.29 is 13.2 Å². The lowest BCUT2D eigenvalue weighted by atomic mass is 10.0. The van der Waals surface area contributed by atoms with Crippen LogP contribution >= 0.6 is 23.2 Å². The van der Waals surface area contributed by atoms with Crippen molar-refractivity contribution in [3.05, 3.63) is 94.2 Å². The van der Waals surface area contributed by atoms with Gasteiger partial charge in [0, 0.05) is 22.7 Å². The molecule has 34 heavy (non-hydrogen) atoms. The summed E-state index contributed by atoms with van der Waals surface area (Å²) in [7, 11) is -3.98. The normalized spacial score (nSPS) is 11.1. The van der Waals surface area contributed by atoms with E-state index in [-0.39, 0.29) is 15.7 Å². The Morgan fingerprint density at radius 3 is 2.26 bits per heavy atom. The molecular weight excluding hydrogens is 495 g/mol. The van der Waals surface area contributed by atoms with E-state index in [1.807, 2.05) is 16.9 Å². The second-order valence-electron chi connectivity index (χ2n) is 7.23. The average Bonchev–Trinajstić information content (AvgIpc) is 3.14. The maximum atomic E-state index is 12.4. The molecule has 0 saturated carbocycles. The summed E-state index contributed by atoms with van der Waals surface area (Å²) < 4.78 is 28.4. The van der Waals surface area contributed by atoms with Gasteiger partial charge in [-0.2, -0.15) is 5.26 Å². The minimum atomic E-state index is -3.98. The zero-order valence-electron chi connectivity index (χ0n) is 17.4. The number of hydrogen-bond donors (Lipinski definition) is 1. The molecule has 170 valence electrons. The third kappa shape index (κ3) is 4.68. The van der Waals surface area contributed by atoms with Crippen LogP contribution in [0.15, 0.2) is 77.7 Å². The Morgan fingerprint density at radius 2 is 1.62 bits per heavy atom. The van der Waals surface area contributed by atoms with Gasteiger partial charge in [-0.05, 0) is 41.5 Å². The number of aromatic nitrogens is 2. The van der Waals surface area contributed by atoms with E-state index in [2.05, 4.69) is 4.98 Å². The average molecular weight is 511 g/mol. The number of sulfonamides is 1. The van der Waals surface area contributed by atoms with E-state index in [4.69, 9.17) is 28.5 Å². The number of halogens is 2. The number of benzene rings is 3. The number of carbonyl (C=O) groups excluding carboxylic acids is 1. The van der Waals surface area contributed by atoms with Crippen molar-refractivity contribution in [2.75, 3.05) is 0 Å². The van der Waals surface area contributed by atoms with Crippen LogP contribution < -0.4 is 4.72 Å². The molecule has 0 aliphatic rings. The van der Waals surface area contributed by atoms with Gasteiger partial charge in [0.15, 0.2) is 17.6 Å². The predicted molar refractivity (Wildman–Crippen MR) is 130 cm³/mol. The molecule has 0 bridgehead atoms. The summed E-state index contributed by atoms with van der Waals surface area (Å²) in [5.41, 5.74) is 2.94. The van der Waals surface area contributed by atoms with Gasteiger partial charge in [0.25, 0.3) is 10.0 Å². The maximum absolute atomic E-state index is 12.4. The van der Waals surface area contributed by atoms with Gasteiger partial charge in [-0.3, -0.25) is 4.79 Å². The Hall–Kier alpha value is -3.64. The molecule has 0 spiro atoms. The number of aldehydes is 1. The fraction of sp³-hybridized carbons (Fsp3) is 0.0417. The Labute approximate surface area is 206 Å². The molecule has 4 rings (SSSR count). The van der Waals surface area contributed by atoms with Crippen molar-refractivity contribution in [1.29, 1.82) is 5.26 Å². The van der Waals surface area contributed by atoms with E-state index < -0.39 is 10.0 Å².